The number of nitrogens with zero attached hydrogens (tertiary/aromatic N) is 4. The minimum atomic E-state index is 0.387. The summed E-state index contributed by atoms with van der Waals surface area (Å²) in [6.07, 6.45) is 2.34. The van der Waals surface area contributed by atoms with Crippen LogP contribution in [0, 0.1) is 0 Å². The normalized spacial score (nSPS) is 11.7. The number of aldehydes is 1. The van der Waals surface area contributed by atoms with E-state index in [0.29, 0.717) is 17.0 Å². The molecule has 6 nitrogen and oxygen atoms in total. The highest BCUT2D eigenvalue weighted by molar-refractivity contribution is 6.17. The molecule has 6 heteroatoms. The van der Waals surface area contributed by atoms with Gasteiger partial charge in [-0.05, 0) is 33.7 Å². The van der Waals surface area contributed by atoms with Crippen molar-refractivity contribution >= 4 is 17.4 Å². The summed E-state index contributed by atoms with van der Waals surface area (Å²) < 4.78 is 6.55. The highest BCUT2D eigenvalue weighted by atomic mass is 16.5. The van der Waals surface area contributed by atoms with E-state index in [2.05, 4.69) is 22.1 Å². The van der Waals surface area contributed by atoms with Crippen LogP contribution in [0.25, 0.3) is 11.1 Å². The number of methoxy groups -OCH3 is 1. The molecule has 0 radical (unpaired) electrons. The number of benzene rings is 1. The molecule has 0 aliphatic rings. The number of allylic oxidation sites excluding steroid dienone is 3. The topological polar surface area (TPSA) is 69.9 Å². The monoisotopic (exact) mass is 270 g/mol. The molecule has 102 valence electrons. The highest BCUT2D eigenvalue weighted by Crippen LogP contribution is 2.25. The lowest BCUT2D eigenvalue weighted by Gasteiger charge is -2.07. The lowest BCUT2D eigenvalue weighted by atomic mass is 10.00. The van der Waals surface area contributed by atoms with Crippen LogP contribution in [0.2, 0.25) is 0 Å². The maximum absolute atomic E-state index is 11.4. The first kappa shape index (κ1) is 13.7. The summed E-state index contributed by atoms with van der Waals surface area (Å²) in [6.45, 7) is 3.76. The van der Waals surface area contributed by atoms with Crippen LogP contribution < -0.4 is 4.74 Å². The van der Waals surface area contributed by atoms with Crippen LogP contribution in [0.3, 0.4) is 0 Å². The van der Waals surface area contributed by atoms with Gasteiger partial charge in [0.25, 0.3) is 0 Å². The van der Waals surface area contributed by atoms with Crippen molar-refractivity contribution in [3.05, 3.63) is 48.3 Å². The molecular formula is C14H14N4O2. The fraction of sp³-hybridized carbons (Fsp3) is 0.143. The minimum absolute atomic E-state index is 0.387. The van der Waals surface area contributed by atoms with Gasteiger partial charge in [0, 0.05) is 7.05 Å². The van der Waals surface area contributed by atoms with Crippen LogP contribution in [-0.4, -0.2) is 33.6 Å². The van der Waals surface area contributed by atoms with Crippen molar-refractivity contribution in [2.45, 2.75) is 0 Å². The Morgan fingerprint density at radius 2 is 2.00 bits per heavy atom. The number of rotatable bonds is 5. The highest BCUT2D eigenvalue weighted by Gasteiger charge is 2.14. The molecular weight excluding hydrogens is 256 g/mol. The second kappa shape index (κ2) is 5.92. The molecule has 1 heterocycles. The van der Waals surface area contributed by atoms with Gasteiger partial charge in [-0.1, -0.05) is 24.8 Å². The van der Waals surface area contributed by atoms with Crippen molar-refractivity contribution in [2.24, 2.45) is 7.05 Å². The van der Waals surface area contributed by atoms with E-state index < -0.39 is 0 Å². The molecule has 0 N–H and O–H groups in total. The van der Waals surface area contributed by atoms with Crippen LogP contribution in [0.1, 0.15) is 11.4 Å². The van der Waals surface area contributed by atoms with Crippen LogP contribution in [-0.2, 0) is 11.8 Å². The maximum Gasteiger partial charge on any atom is 0.185 e. The number of ether oxygens (including phenoxy) is 1. The Balaban J connectivity index is 2.57. The summed E-state index contributed by atoms with van der Waals surface area (Å²) in [6, 6.07) is 7.33. The van der Waals surface area contributed by atoms with Crippen LogP contribution >= 0.6 is 0 Å². The molecule has 2 aromatic rings. The number of aryl methyl sites for hydroxylation is 1. The van der Waals surface area contributed by atoms with Crippen molar-refractivity contribution in [1.29, 1.82) is 0 Å². The summed E-state index contributed by atoms with van der Waals surface area (Å²) in [7, 11) is 3.27. The summed E-state index contributed by atoms with van der Waals surface area (Å²) in [4.78, 5) is 11.4. The molecule has 0 fully saturated rings. The van der Waals surface area contributed by atoms with E-state index in [0.717, 1.165) is 17.6 Å². The van der Waals surface area contributed by atoms with E-state index in [1.54, 1.807) is 20.2 Å². The average Bonchev–Trinajstić information content (AvgIpc) is 2.91. The van der Waals surface area contributed by atoms with Gasteiger partial charge in [-0.3, -0.25) is 4.79 Å². The Bertz CT molecular complexity index is 656. The molecule has 0 saturated heterocycles. The van der Waals surface area contributed by atoms with Gasteiger partial charge in [-0.25, -0.2) is 4.68 Å². The Hall–Kier alpha value is -2.76. The molecule has 0 saturated carbocycles. The Morgan fingerprint density at radius 3 is 2.45 bits per heavy atom. The first-order valence-electron chi connectivity index (χ1n) is 5.90. The number of tetrazole rings is 1. The molecule has 20 heavy (non-hydrogen) atoms. The Kier molecular flexibility index (Phi) is 4.05. The second-order valence-electron chi connectivity index (χ2n) is 4.00. The number of hydrogen-bond donors (Lipinski definition) is 0. The number of carbonyl (C=O) groups excluding carboxylic acids is 1. The lowest BCUT2D eigenvalue weighted by Crippen LogP contribution is -2.02. The molecule has 0 unspecified atom stereocenters. The van der Waals surface area contributed by atoms with Crippen molar-refractivity contribution in [1.82, 2.24) is 20.2 Å². The summed E-state index contributed by atoms with van der Waals surface area (Å²) >= 11 is 0. The smallest absolute Gasteiger partial charge is 0.185 e. The molecule has 2 rings (SSSR count). The first-order chi connectivity index (χ1) is 9.71. The van der Waals surface area contributed by atoms with E-state index in [1.807, 2.05) is 24.3 Å². The SMILES string of the molecule is C=CC(=C(C=O)c1nnnn1C)c1ccc(OC)cc1. The fourth-order valence-corrected chi connectivity index (χ4v) is 1.85. The maximum atomic E-state index is 11.4. The summed E-state index contributed by atoms with van der Waals surface area (Å²) in [5, 5.41) is 11.1. The molecule has 0 aliphatic carbocycles. The predicted molar refractivity (Wildman–Crippen MR) is 74.9 cm³/mol. The molecule has 1 aromatic carbocycles. The first-order valence-corrected chi connectivity index (χ1v) is 5.90. The van der Waals surface area contributed by atoms with Gasteiger partial charge < -0.3 is 4.74 Å². The standard InChI is InChI=1S/C14H14N4O2/c1-4-12(10-5-7-11(20-3)8-6-10)13(9-19)14-15-16-17-18(14)2/h4-9H,1H2,2-3H3. The van der Waals surface area contributed by atoms with Crippen LogP contribution in [0.15, 0.2) is 36.9 Å². The van der Waals surface area contributed by atoms with E-state index >= 15 is 0 Å². The molecule has 0 amide bonds. The van der Waals surface area contributed by atoms with Crippen LogP contribution in [0.4, 0.5) is 0 Å². The van der Waals surface area contributed by atoms with E-state index in [9.17, 15) is 4.79 Å². The van der Waals surface area contributed by atoms with Gasteiger partial charge in [0.15, 0.2) is 12.1 Å². The third kappa shape index (κ3) is 2.49. The van der Waals surface area contributed by atoms with Gasteiger partial charge in [0.1, 0.15) is 5.75 Å². The van der Waals surface area contributed by atoms with Gasteiger partial charge >= 0.3 is 0 Å². The van der Waals surface area contributed by atoms with Gasteiger partial charge in [-0.2, -0.15) is 0 Å². The molecule has 0 spiro atoms. The fourth-order valence-electron chi connectivity index (χ4n) is 1.85. The minimum Gasteiger partial charge on any atom is -0.497 e. The zero-order valence-corrected chi connectivity index (χ0v) is 11.3. The van der Waals surface area contributed by atoms with E-state index in [1.165, 1.54) is 4.68 Å². The van der Waals surface area contributed by atoms with Crippen LogP contribution in [0.5, 0.6) is 5.75 Å². The van der Waals surface area contributed by atoms with Gasteiger partial charge in [-0.15, -0.1) is 5.10 Å². The third-order valence-corrected chi connectivity index (χ3v) is 2.87. The Morgan fingerprint density at radius 1 is 1.30 bits per heavy atom. The largest absolute Gasteiger partial charge is 0.497 e. The van der Waals surface area contributed by atoms with Crippen molar-refractivity contribution in [3.8, 4) is 5.75 Å². The van der Waals surface area contributed by atoms with Crippen molar-refractivity contribution in [2.75, 3.05) is 7.11 Å². The quantitative estimate of drug-likeness (QED) is 0.468. The second-order valence-corrected chi connectivity index (χ2v) is 4.00. The average molecular weight is 270 g/mol. The van der Waals surface area contributed by atoms with Gasteiger partial charge in [0.05, 0.1) is 12.7 Å². The number of aromatic nitrogens is 4. The number of hydrogen-bond acceptors (Lipinski definition) is 5. The van der Waals surface area contributed by atoms with Crippen molar-refractivity contribution < 1.29 is 9.53 Å². The van der Waals surface area contributed by atoms with Gasteiger partial charge in [0.2, 0.25) is 0 Å². The third-order valence-electron chi connectivity index (χ3n) is 2.87. The lowest BCUT2D eigenvalue weighted by molar-refractivity contribution is -0.103. The molecule has 0 aliphatic heterocycles. The number of carbonyl (C=O) groups is 1. The van der Waals surface area contributed by atoms with Crippen molar-refractivity contribution in [3.63, 3.8) is 0 Å². The summed E-state index contributed by atoms with van der Waals surface area (Å²) in [5.41, 5.74) is 1.89. The zero-order valence-electron chi connectivity index (χ0n) is 11.3. The molecule has 0 atom stereocenters. The Labute approximate surface area is 116 Å². The molecule has 0 bridgehead atoms. The van der Waals surface area contributed by atoms with E-state index in [-0.39, 0.29) is 0 Å². The summed E-state index contributed by atoms with van der Waals surface area (Å²) in [5.74, 6) is 1.14. The predicted octanol–water partition coefficient (Wildman–Crippen LogP) is 1.51. The zero-order chi connectivity index (χ0) is 14.5. The molecule has 1 aromatic heterocycles. The van der Waals surface area contributed by atoms with E-state index in [4.69, 9.17) is 4.74 Å².